The summed E-state index contributed by atoms with van der Waals surface area (Å²) in [5.41, 5.74) is 1.75. The number of thiol groups is 1. The zero-order valence-corrected chi connectivity index (χ0v) is 13.5. The van der Waals surface area contributed by atoms with Gasteiger partial charge in [-0.2, -0.15) is 12.6 Å². The lowest BCUT2D eigenvalue weighted by molar-refractivity contribution is -0.118. The largest absolute Gasteiger partial charge is 0.448 e. The van der Waals surface area contributed by atoms with E-state index in [1.165, 1.54) is 6.92 Å². The van der Waals surface area contributed by atoms with Gasteiger partial charge in [0.15, 0.2) is 0 Å². The lowest BCUT2D eigenvalue weighted by Crippen LogP contribution is -2.24. The molecule has 2 N–H and O–H groups in total. The van der Waals surface area contributed by atoms with E-state index in [1.807, 2.05) is 26.0 Å². The topological polar surface area (TPSA) is 67.4 Å². The second-order valence-electron chi connectivity index (χ2n) is 5.44. The number of rotatable bonds is 6. The summed E-state index contributed by atoms with van der Waals surface area (Å²) in [6, 6.07) is 7.41. The van der Waals surface area contributed by atoms with Crippen LogP contribution in [0.2, 0.25) is 0 Å². The van der Waals surface area contributed by atoms with Crippen LogP contribution in [0.1, 0.15) is 26.3 Å². The first-order valence-electron chi connectivity index (χ1n) is 6.76. The van der Waals surface area contributed by atoms with Crippen LogP contribution in [0, 0.1) is 0 Å². The smallest absolute Gasteiger partial charge is 0.411 e. The van der Waals surface area contributed by atoms with E-state index in [0.717, 1.165) is 12.0 Å². The van der Waals surface area contributed by atoms with Crippen molar-refractivity contribution in [2.24, 2.45) is 0 Å². The van der Waals surface area contributed by atoms with Gasteiger partial charge in [0, 0.05) is 23.9 Å². The van der Waals surface area contributed by atoms with Crippen molar-refractivity contribution in [1.29, 1.82) is 0 Å². The lowest BCUT2D eigenvalue weighted by atomic mass is 10.1. The third kappa shape index (κ3) is 8.24. The number of ether oxygens (including phenoxy) is 1. The Morgan fingerprint density at radius 2 is 1.86 bits per heavy atom. The number of nitrogens with one attached hydrogen (secondary N) is 2. The maximum Gasteiger partial charge on any atom is 0.411 e. The van der Waals surface area contributed by atoms with Gasteiger partial charge in [-0.25, -0.2) is 4.79 Å². The fraction of sp³-hybridized carbons (Fsp3) is 0.467. The van der Waals surface area contributed by atoms with E-state index in [4.69, 9.17) is 4.74 Å². The number of carbonyl (C=O) groups is 2. The first kappa shape index (κ1) is 17.4. The van der Waals surface area contributed by atoms with Crippen molar-refractivity contribution in [1.82, 2.24) is 5.32 Å². The van der Waals surface area contributed by atoms with Crippen molar-refractivity contribution >= 4 is 30.3 Å². The molecule has 2 amide bonds. The Hall–Kier alpha value is -1.69. The van der Waals surface area contributed by atoms with E-state index in [-0.39, 0.29) is 17.3 Å². The molecule has 1 rings (SSSR count). The van der Waals surface area contributed by atoms with Gasteiger partial charge in [-0.15, -0.1) is 0 Å². The summed E-state index contributed by atoms with van der Waals surface area (Å²) in [5, 5.41) is 5.39. The maximum atomic E-state index is 11.6. The molecular weight excluding hydrogens is 288 g/mol. The van der Waals surface area contributed by atoms with Gasteiger partial charge >= 0.3 is 6.09 Å². The molecule has 0 unspecified atom stereocenters. The molecular formula is C15H22N2O3S. The minimum atomic E-state index is -0.497. The molecule has 0 aliphatic heterocycles. The Morgan fingerprint density at radius 1 is 1.24 bits per heavy atom. The molecule has 0 saturated heterocycles. The highest BCUT2D eigenvalue weighted by Gasteiger charge is 2.14. The number of anilines is 1. The Labute approximate surface area is 130 Å². The number of carbonyl (C=O) groups excluding carboxylic acids is 2. The van der Waals surface area contributed by atoms with Crippen molar-refractivity contribution in [3.8, 4) is 0 Å². The standard InChI is InChI=1S/C15H22N2O3S/c1-11(18)16-9-8-12-4-6-13(7-5-12)17-14(19)20-10-15(2,3)21/h4-7,21H,8-10H2,1-3H3,(H,16,18)(H,17,19). The average Bonchev–Trinajstić information content (AvgIpc) is 2.37. The predicted molar refractivity (Wildman–Crippen MR) is 86.9 cm³/mol. The second kappa shape index (κ2) is 7.93. The zero-order chi connectivity index (χ0) is 15.9. The van der Waals surface area contributed by atoms with Gasteiger partial charge < -0.3 is 10.1 Å². The normalized spacial score (nSPS) is 10.9. The van der Waals surface area contributed by atoms with Crippen LogP contribution in [0.15, 0.2) is 24.3 Å². The van der Waals surface area contributed by atoms with Gasteiger partial charge in [-0.1, -0.05) is 12.1 Å². The Morgan fingerprint density at radius 3 is 2.38 bits per heavy atom. The van der Waals surface area contributed by atoms with Crippen LogP contribution in [0.25, 0.3) is 0 Å². The van der Waals surface area contributed by atoms with Crippen LogP contribution >= 0.6 is 12.6 Å². The molecule has 0 atom stereocenters. The van der Waals surface area contributed by atoms with Crippen molar-refractivity contribution in [2.45, 2.75) is 31.9 Å². The van der Waals surface area contributed by atoms with Crippen LogP contribution in [0.4, 0.5) is 10.5 Å². The summed E-state index contributed by atoms with van der Waals surface area (Å²) in [4.78, 5) is 22.3. The van der Waals surface area contributed by atoms with E-state index < -0.39 is 6.09 Å². The summed E-state index contributed by atoms with van der Waals surface area (Å²) in [6.45, 7) is 6.06. The summed E-state index contributed by atoms with van der Waals surface area (Å²) >= 11 is 4.28. The highest BCUT2D eigenvalue weighted by molar-refractivity contribution is 7.81. The molecule has 0 aromatic heterocycles. The molecule has 0 spiro atoms. The van der Waals surface area contributed by atoms with Crippen molar-refractivity contribution < 1.29 is 14.3 Å². The first-order chi connectivity index (χ1) is 9.76. The minimum absolute atomic E-state index is 0.0388. The first-order valence-corrected chi connectivity index (χ1v) is 7.20. The highest BCUT2D eigenvalue weighted by atomic mass is 32.1. The van der Waals surface area contributed by atoms with Gasteiger partial charge in [0.2, 0.25) is 5.91 Å². The van der Waals surface area contributed by atoms with Gasteiger partial charge in [0.05, 0.1) is 0 Å². The molecule has 0 fully saturated rings. The Balaban J connectivity index is 2.40. The quantitative estimate of drug-likeness (QED) is 0.708. The maximum absolute atomic E-state index is 11.6. The molecule has 21 heavy (non-hydrogen) atoms. The van der Waals surface area contributed by atoms with Crippen molar-refractivity contribution in [3.63, 3.8) is 0 Å². The monoisotopic (exact) mass is 310 g/mol. The van der Waals surface area contributed by atoms with Crippen LogP contribution in [-0.2, 0) is 16.0 Å². The number of hydrogen-bond donors (Lipinski definition) is 3. The van der Waals surface area contributed by atoms with Gasteiger partial charge in [-0.05, 0) is 38.0 Å². The summed E-state index contributed by atoms with van der Waals surface area (Å²) in [6.07, 6.45) is 0.251. The molecule has 5 nitrogen and oxygen atoms in total. The van der Waals surface area contributed by atoms with Crippen LogP contribution in [0.5, 0.6) is 0 Å². The molecule has 6 heteroatoms. The van der Waals surface area contributed by atoms with Gasteiger partial charge in [-0.3, -0.25) is 10.1 Å². The third-order valence-electron chi connectivity index (χ3n) is 2.54. The molecule has 0 aliphatic carbocycles. The number of amides is 2. The molecule has 1 aromatic rings. The molecule has 0 saturated carbocycles. The van der Waals surface area contributed by atoms with Crippen molar-refractivity contribution in [2.75, 3.05) is 18.5 Å². The van der Waals surface area contributed by atoms with Gasteiger partial charge in [0.25, 0.3) is 0 Å². The predicted octanol–water partition coefficient (Wildman–Crippen LogP) is 2.62. The Kier molecular flexibility index (Phi) is 6.55. The zero-order valence-electron chi connectivity index (χ0n) is 12.6. The molecule has 0 radical (unpaired) electrons. The van der Waals surface area contributed by atoms with Gasteiger partial charge in [0.1, 0.15) is 6.61 Å². The van der Waals surface area contributed by atoms with E-state index in [0.29, 0.717) is 12.2 Å². The molecule has 0 heterocycles. The van der Waals surface area contributed by atoms with Crippen LogP contribution in [0.3, 0.4) is 0 Å². The minimum Gasteiger partial charge on any atom is -0.448 e. The molecule has 116 valence electrons. The molecule has 0 aliphatic rings. The fourth-order valence-electron chi connectivity index (χ4n) is 1.53. The molecule has 0 bridgehead atoms. The third-order valence-corrected chi connectivity index (χ3v) is 2.67. The van der Waals surface area contributed by atoms with Crippen molar-refractivity contribution in [3.05, 3.63) is 29.8 Å². The average molecular weight is 310 g/mol. The van der Waals surface area contributed by atoms with E-state index >= 15 is 0 Å². The second-order valence-corrected chi connectivity index (χ2v) is 6.65. The van der Waals surface area contributed by atoms with Crippen LogP contribution in [-0.4, -0.2) is 29.9 Å². The Bertz CT molecular complexity index is 481. The summed E-state index contributed by atoms with van der Waals surface area (Å²) in [7, 11) is 0. The SMILES string of the molecule is CC(=O)NCCc1ccc(NC(=O)OCC(C)(C)S)cc1. The van der Waals surface area contributed by atoms with E-state index in [2.05, 4.69) is 23.3 Å². The summed E-state index contributed by atoms with van der Waals surface area (Å²) in [5.74, 6) is -0.0388. The lowest BCUT2D eigenvalue weighted by Gasteiger charge is -2.17. The van der Waals surface area contributed by atoms with E-state index in [1.54, 1.807) is 12.1 Å². The number of benzene rings is 1. The van der Waals surface area contributed by atoms with Crippen LogP contribution < -0.4 is 10.6 Å². The molecule has 1 aromatic carbocycles. The fourth-order valence-corrected chi connectivity index (χ4v) is 1.60. The summed E-state index contributed by atoms with van der Waals surface area (Å²) < 4.78 is 4.70. The van der Waals surface area contributed by atoms with E-state index in [9.17, 15) is 9.59 Å². The number of hydrogen-bond acceptors (Lipinski definition) is 4. The highest BCUT2D eigenvalue weighted by Crippen LogP contribution is 2.13.